The van der Waals surface area contributed by atoms with Crippen molar-refractivity contribution in [2.45, 2.75) is 73.6 Å². The average Bonchev–Trinajstić information content (AvgIpc) is 2.26. The highest BCUT2D eigenvalue weighted by atomic mass is 14.9. The maximum Gasteiger partial charge on any atom is 0.000251 e. The Kier molecular flexibility index (Phi) is 9.72. The Bertz CT molecular complexity index is 204. The molecule has 0 rings (SSSR count). The van der Waals surface area contributed by atoms with Crippen LogP contribution in [-0.2, 0) is 0 Å². The molecule has 19 heavy (non-hydrogen) atoms. The maximum atomic E-state index is 3.55. The molecule has 0 heterocycles. The second kappa shape index (κ2) is 9.77. The number of hydrogen-bond acceptors (Lipinski definition) is 2. The molecule has 0 spiro atoms. The minimum atomic E-state index is 0.410. The van der Waals surface area contributed by atoms with E-state index in [1.165, 1.54) is 38.6 Å². The summed E-state index contributed by atoms with van der Waals surface area (Å²) in [5.74, 6) is 0. The molecule has 0 amide bonds. The first-order chi connectivity index (χ1) is 8.77. The second-order valence-corrected chi connectivity index (χ2v) is 7.89. The van der Waals surface area contributed by atoms with Gasteiger partial charge in [0.15, 0.2) is 0 Å². The largest absolute Gasteiger partial charge is 0.316 e. The van der Waals surface area contributed by atoms with Gasteiger partial charge in [-0.2, -0.15) is 0 Å². The highest BCUT2D eigenvalue weighted by molar-refractivity contribution is 4.71. The van der Waals surface area contributed by atoms with E-state index in [0.717, 1.165) is 19.6 Å². The fourth-order valence-electron chi connectivity index (χ4n) is 2.19. The summed E-state index contributed by atoms with van der Waals surface area (Å²) in [5, 5.41) is 7.09. The van der Waals surface area contributed by atoms with Gasteiger partial charge in [-0.1, -0.05) is 54.4 Å². The third-order valence-corrected chi connectivity index (χ3v) is 3.39. The minimum Gasteiger partial charge on any atom is -0.316 e. The van der Waals surface area contributed by atoms with E-state index in [1.807, 2.05) is 0 Å². The van der Waals surface area contributed by atoms with Gasteiger partial charge in [-0.15, -0.1) is 0 Å². The van der Waals surface area contributed by atoms with Crippen molar-refractivity contribution in [1.29, 1.82) is 0 Å². The first-order valence-corrected chi connectivity index (χ1v) is 8.18. The Balaban J connectivity index is 3.42. The van der Waals surface area contributed by atoms with Crippen molar-refractivity contribution in [3.05, 3.63) is 0 Å². The predicted octanol–water partition coefficient (Wildman–Crippen LogP) is 4.21. The van der Waals surface area contributed by atoms with Crippen LogP contribution < -0.4 is 10.6 Å². The normalized spacial score (nSPS) is 12.9. The molecule has 116 valence electrons. The minimum absolute atomic E-state index is 0.410. The molecule has 0 radical (unpaired) electrons. The topological polar surface area (TPSA) is 24.1 Å². The van der Waals surface area contributed by atoms with Crippen molar-refractivity contribution >= 4 is 0 Å². The van der Waals surface area contributed by atoms with Crippen LogP contribution in [0.1, 0.15) is 73.6 Å². The number of nitrogens with one attached hydrogen (secondary N) is 2. The van der Waals surface area contributed by atoms with E-state index in [0.29, 0.717) is 10.8 Å². The van der Waals surface area contributed by atoms with Gasteiger partial charge in [-0.25, -0.2) is 0 Å². The van der Waals surface area contributed by atoms with Gasteiger partial charge in [0.1, 0.15) is 0 Å². The van der Waals surface area contributed by atoms with Crippen LogP contribution in [0.15, 0.2) is 0 Å². The Hall–Kier alpha value is -0.0800. The Morgan fingerprint density at radius 3 is 1.95 bits per heavy atom. The lowest BCUT2D eigenvalue weighted by Crippen LogP contribution is -2.30. The lowest BCUT2D eigenvalue weighted by Gasteiger charge is -2.25. The fourth-order valence-corrected chi connectivity index (χ4v) is 2.19. The lowest BCUT2D eigenvalue weighted by atomic mass is 9.87. The molecule has 2 heteroatoms. The molecule has 0 aromatic heterocycles. The molecule has 0 bridgehead atoms. The highest BCUT2D eigenvalue weighted by Gasteiger charge is 2.16. The summed E-state index contributed by atoms with van der Waals surface area (Å²) in [6, 6.07) is 0. The van der Waals surface area contributed by atoms with E-state index in [-0.39, 0.29) is 0 Å². The first-order valence-electron chi connectivity index (χ1n) is 8.18. The van der Waals surface area contributed by atoms with E-state index in [4.69, 9.17) is 0 Å². The monoisotopic (exact) mass is 270 g/mol. The second-order valence-electron chi connectivity index (χ2n) is 7.89. The fraction of sp³-hybridized carbons (Fsp3) is 1.00. The van der Waals surface area contributed by atoms with Gasteiger partial charge >= 0.3 is 0 Å². The molecular weight excluding hydrogens is 232 g/mol. The molecule has 0 atom stereocenters. The van der Waals surface area contributed by atoms with Crippen molar-refractivity contribution in [3.8, 4) is 0 Å². The summed E-state index contributed by atoms with van der Waals surface area (Å²) in [6.45, 7) is 18.4. The molecule has 0 saturated carbocycles. The summed E-state index contributed by atoms with van der Waals surface area (Å²) >= 11 is 0. The summed E-state index contributed by atoms with van der Waals surface area (Å²) in [4.78, 5) is 0. The Morgan fingerprint density at radius 1 is 0.737 bits per heavy atom. The molecule has 0 aliphatic rings. The molecule has 2 nitrogen and oxygen atoms in total. The first kappa shape index (κ1) is 18.9. The van der Waals surface area contributed by atoms with Crippen LogP contribution in [-0.4, -0.2) is 26.2 Å². The van der Waals surface area contributed by atoms with Crippen LogP contribution in [0, 0.1) is 10.8 Å². The predicted molar refractivity (Wildman–Crippen MR) is 87.7 cm³/mol. The molecule has 0 aromatic carbocycles. The quantitative estimate of drug-likeness (QED) is 0.550. The van der Waals surface area contributed by atoms with Crippen molar-refractivity contribution in [3.63, 3.8) is 0 Å². The van der Waals surface area contributed by atoms with Gasteiger partial charge in [-0.3, -0.25) is 0 Å². The average molecular weight is 271 g/mol. The smallest absolute Gasteiger partial charge is 0.000251 e. The number of rotatable bonds is 11. The van der Waals surface area contributed by atoms with Crippen LogP contribution in [0.3, 0.4) is 0 Å². The molecular formula is C17H38N2. The number of hydrogen-bond donors (Lipinski definition) is 2. The van der Waals surface area contributed by atoms with Gasteiger partial charge in [0.05, 0.1) is 0 Å². The van der Waals surface area contributed by atoms with Gasteiger partial charge < -0.3 is 10.6 Å². The molecule has 2 N–H and O–H groups in total. The standard InChI is InChI=1S/C17H38N2/c1-7-12-18-15-17(5,6)11-9-8-10-13-19-14-16(2,3)4/h18-19H,7-15H2,1-6H3. The van der Waals surface area contributed by atoms with Gasteiger partial charge in [0.25, 0.3) is 0 Å². The Morgan fingerprint density at radius 2 is 1.37 bits per heavy atom. The molecule has 0 fully saturated rings. The van der Waals surface area contributed by atoms with E-state index < -0.39 is 0 Å². The third kappa shape index (κ3) is 14.1. The Labute approximate surface area is 122 Å². The van der Waals surface area contributed by atoms with Crippen LogP contribution in [0.5, 0.6) is 0 Å². The zero-order chi connectivity index (χ0) is 14.8. The van der Waals surface area contributed by atoms with E-state index >= 15 is 0 Å². The molecule has 0 saturated heterocycles. The van der Waals surface area contributed by atoms with Crippen LogP contribution in [0.25, 0.3) is 0 Å². The van der Waals surface area contributed by atoms with Gasteiger partial charge in [0, 0.05) is 6.54 Å². The van der Waals surface area contributed by atoms with Crippen LogP contribution >= 0.6 is 0 Å². The zero-order valence-electron chi connectivity index (χ0n) is 14.4. The van der Waals surface area contributed by atoms with E-state index in [2.05, 4.69) is 52.2 Å². The van der Waals surface area contributed by atoms with Crippen molar-refractivity contribution in [2.75, 3.05) is 26.2 Å². The summed E-state index contributed by atoms with van der Waals surface area (Å²) in [5.41, 5.74) is 0.862. The molecule has 0 aliphatic carbocycles. The highest BCUT2D eigenvalue weighted by Crippen LogP contribution is 2.22. The maximum absolute atomic E-state index is 3.55. The van der Waals surface area contributed by atoms with Crippen LogP contribution in [0.4, 0.5) is 0 Å². The molecule has 0 aliphatic heterocycles. The van der Waals surface area contributed by atoms with Crippen LogP contribution in [0.2, 0.25) is 0 Å². The lowest BCUT2D eigenvalue weighted by molar-refractivity contribution is 0.301. The SMILES string of the molecule is CCCNCC(C)(C)CCCCCNCC(C)(C)C. The summed E-state index contributed by atoms with van der Waals surface area (Å²) < 4.78 is 0. The molecule has 0 unspecified atom stereocenters. The van der Waals surface area contributed by atoms with Crippen molar-refractivity contribution in [1.82, 2.24) is 10.6 Å². The van der Waals surface area contributed by atoms with Crippen molar-refractivity contribution < 1.29 is 0 Å². The zero-order valence-corrected chi connectivity index (χ0v) is 14.4. The summed E-state index contributed by atoms with van der Waals surface area (Å²) in [6.07, 6.45) is 6.60. The molecule has 0 aromatic rings. The van der Waals surface area contributed by atoms with E-state index in [1.54, 1.807) is 0 Å². The van der Waals surface area contributed by atoms with Gasteiger partial charge in [0.2, 0.25) is 0 Å². The van der Waals surface area contributed by atoms with Crippen molar-refractivity contribution in [2.24, 2.45) is 10.8 Å². The van der Waals surface area contributed by atoms with E-state index in [9.17, 15) is 0 Å². The summed E-state index contributed by atoms with van der Waals surface area (Å²) in [7, 11) is 0. The third-order valence-electron chi connectivity index (χ3n) is 3.39. The number of unbranched alkanes of at least 4 members (excludes halogenated alkanes) is 2. The van der Waals surface area contributed by atoms with Gasteiger partial charge in [-0.05, 0) is 49.7 Å².